The summed E-state index contributed by atoms with van der Waals surface area (Å²) in [7, 11) is 0. The molecule has 0 radical (unpaired) electrons. The fourth-order valence-corrected chi connectivity index (χ4v) is 3.00. The van der Waals surface area contributed by atoms with Gasteiger partial charge in [0.15, 0.2) is 0 Å². The van der Waals surface area contributed by atoms with Crippen molar-refractivity contribution in [1.29, 1.82) is 0 Å². The largest absolute Gasteiger partial charge is 0.378 e. The van der Waals surface area contributed by atoms with E-state index < -0.39 is 0 Å². The number of hydrogen-bond donors (Lipinski definition) is 0. The molecule has 3 rings (SSSR count). The van der Waals surface area contributed by atoms with Gasteiger partial charge in [-0.1, -0.05) is 6.07 Å². The molecule has 0 aromatic heterocycles. The van der Waals surface area contributed by atoms with Crippen LogP contribution in [-0.2, 0) is 4.74 Å². The molecule has 2 saturated heterocycles. The average molecular weight is 264 g/mol. The second kappa shape index (κ2) is 5.10. The summed E-state index contributed by atoms with van der Waals surface area (Å²) >= 11 is 0. The van der Waals surface area contributed by atoms with Crippen LogP contribution in [0.5, 0.6) is 0 Å². The zero-order chi connectivity index (χ0) is 13.4. The number of anilines is 1. The highest BCUT2D eigenvalue weighted by atomic mass is 19.1. The topological polar surface area (TPSA) is 15.7 Å². The van der Waals surface area contributed by atoms with Crippen LogP contribution in [0.4, 0.5) is 10.1 Å². The predicted octanol–water partition coefficient (Wildman–Crippen LogP) is 2.04. The Hall–Kier alpha value is -1.13. The van der Waals surface area contributed by atoms with Crippen molar-refractivity contribution in [2.45, 2.75) is 25.9 Å². The summed E-state index contributed by atoms with van der Waals surface area (Å²) in [5.74, 6) is -0.150. The third-order valence-corrected chi connectivity index (χ3v) is 4.28. The van der Waals surface area contributed by atoms with E-state index in [1.807, 2.05) is 13.0 Å². The zero-order valence-electron chi connectivity index (χ0n) is 11.6. The Kier molecular flexibility index (Phi) is 3.46. The van der Waals surface area contributed by atoms with Crippen LogP contribution in [0.15, 0.2) is 18.2 Å². The SMILES string of the molecule is Cc1ccc(F)cc1N1CCN(C2COC2)C[C@@H]1C. The highest BCUT2D eigenvalue weighted by Gasteiger charge is 2.32. The molecule has 2 fully saturated rings. The van der Waals surface area contributed by atoms with E-state index in [9.17, 15) is 4.39 Å². The van der Waals surface area contributed by atoms with E-state index in [0.29, 0.717) is 12.1 Å². The molecule has 3 nitrogen and oxygen atoms in total. The number of rotatable bonds is 2. The first-order valence-corrected chi connectivity index (χ1v) is 7.00. The van der Waals surface area contributed by atoms with Crippen molar-refractivity contribution in [3.8, 4) is 0 Å². The average Bonchev–Trinajstić information content (AvgIpc) is 2.31. The Morgan fingerprint density at radius 3 is 2.68 bits per heavy atom. The van der Waals surface area contributed by atoms with Crippen LogP contribution in [0.1, 0.15) is 12.5 Å². The van der Waals surface area contributed by atoms with Crippen molar-refractivity contribution < 1.29 is 9.13 Å². The molecule has 19 heavy (non-hydrogen) atoms. The van der Waals surface area contributed by atoms with Crippen LogP contribution < -0.4 is 4.90 Å². The quantitative estimate of drug-likeness (QED) is 0.813. The molecule has 1 atom stereocenters. The van der Waals surface area contributed by atoms with Crippen molar-refractivity contribution >= 4 is 5.69 Å². The van der Waals surface area contributed by atoms with Crippen LogP contribution in [0.3, 0.4) is 0 Å². The van der Waals surface area contributed by atoms with Crippen LogP contribution >= 0.6 is 0 Å². The number of ether oxygens (including phenoxy) is 1. The van der Waals surface area contributed by atoms with E-state index in [1.165, 1.54) is 6.07 Å². The number of halogens is 1. The first kappa shape index (κ1) is 12.9. The Morgan fingerprint density at radius 2 is 2.05 bits per heavy atom. The molecule has 4 heteroatoms. The molecule has 104 valence electrons. The van der Waals surface area contributed by atoms with E-state index in [1.54, 1.807) is 6.07 Å². The van der Waals surface area contributed by atoms with Gasteiger partial charge in [0, 0.05) is 31.4 Å². The first-order valence-electron chi connectivity index (χ1n) is 7.00. The highest BCUT2D eigenvalue weighted by Crippen LogP contribution is 2.26. The van der Waals surface area contributed by atoms with Crippen molar-refractivity contribution in [2.75, 3.05) is 37.7 Å². The highest BCUT2D eigenvalue weighted by molar-refractivity contribution is 5.54. The maximum atomic E-state index is 13.4. The third kappa shape index (κ3) is 2.47. The van der Waals surface area contributed by atoms with E-state index >= 15 is 0 Å². The summed E-state index contributed by atoms with van der Waals surface area (Å²) in [6, 6.07) is 6.07. The van der Waals surface area contributed by atoms with Gasteiger partial charge < -0.3 is 9.64 Å². The lowest BCUT2D eigenvalue weighted by Crippen LogP contribution is -2.59. The van der Waals surface area contributed by atoms with Crippen LogP contribution in [0.25, 0.3) is 0 Å². The van der Waals surface area contributed by atoms with Crippen molar-refractivity contribution in [3.63, 3.8) is 0 Å². The minimum atomic E-state index is -0.150. The molecule has 1 aromatic rings. The van der Waals surface area contributed by atoms with E-state index in [0.717, 1.165) is 44.1 Å². The molecule has 0 saturated carbocycles. The molecule has 2 aliphatic heterocycles. The summed E-state index contributed by atoms with van der Waals surface area (Å²) < 4.78 is 18.7. The lowest BCUT2D eigenvalue weighted by Gasteiger charge is -2.46. The summed E-state index contributed by atoms with van der Waals surface area (Å²) in [5.41, 5.74) is 2.19. The molecule has 0 spiro atoms. The van der Waals surface area contributed by atoms with Gasteiger partial charge in [0.05, 0.1) is 19.3 Å². The maximum absolute atomic E-state index is 13.4. The molecule has 2 aliphatic rings. The number of benzene rings is 1. The van der Waals surface area contributed by atoms with Crippen molar-refractivity contribution in [3.05, 3.63) is 29.6 Å². The fraction of sp³-hybridized carbons (Fsp3) is 0.600. The van der Waals surface area contributed by atoms with Crippen LogP contribution in [0, 0.1) is 12.7 Å². The maximum Gasteiger partial charge on any atom is 0.125 e. The lowest BCUT2D eigenvalue weighted by atomic mass is 10.1. The molecule has 0 bridgehead atoms. The second-order valence-electron chi connectivity index (χ2n) is 5.66. The van der Waals surface area contributed by atoms with Gasteiger partial charge in [0.1, 0.15) is 5.82 Å². The number of piperazine rings is 1. The first-order chi connectivity index (χ1) is 9.15. The van der Waals surface area contributed by atoms with Gasteiger partial charge in [-0.25, -0.2) is 4.39 Å². The zero-order valence-corrected chi connectivity index (χ0v) is 11.6. The van der Waals surface area contributed by atoms with Crippen molar-refractivity contribution in [1.82, 2.24) is 4.90 Å². The summed E-state index contributed by atoms with van der Waals surface area (Å²) in [5, 5.41) is 0. The molecule has 0 N–H and O–H groups in total. The molecular weight excluding hydrogens is 243 g/mol. The van der Waals surface area contributed by atoms with Crippen molar-refractivity contribution in [2.24, 2.45) is 0 Å². The number of aryl methyl sites for hydroxylation is 1. The number of hydrogen-bond acceptors (Lipinski definition) is 3. The summed E-state index contributed by atoms with van der Waals surface area (Å²) in [6.45, 7) is 9.03. The smallest absolute Gasteiger partial charge is 0.125 e. The standard InChI is InChI=1S/C15H21FN2O/c1-11-3-4-13(16)7-15(11)18-6-5-17(8-12(18)2)14-9-19-10-14/h3-4,7,12,14H,5-6,8-10H2,1-2H3/t12-/m0/s1. The predicted molar refractivity (Wildman–Crippen MR) is 74.1 cm³/mol. The summed E-state index contributed by atoms with van der Waals surface area (Å²) in [6.07, 6.45) is 0. The fourth-order valence-electron chi connectivity index (χ4n) is 3.00. The van der Waals surface area contributed by atoms with Crippen LogP contribution in [-0.4, -0.2) is 49.8 Å². The molecule has 0 unspecified atom stereocenters. The lowest BCUT2D eigenvalue weighted by molar-refractivity contribution is -0.0691. The summed E-state index contributed by atoms with van der Waals surface area (Å²) in [4.78, 5) is 4.83. The molecule has 2 heterocycles. The Labute approximate surface area is 114 Å². The molecular formula is C15H21FN2O. The Morgan fingerprint density at radius 1 is 1.26 bits per heavy atom. The van der Waals surface area contributed by atoms with Gasteiger partial charge in [0.25, 0.3) is 0 Å². The molecule has 0 amide bonds. The second-order valence-corrected chi connectivity index (χ2v) is 5.66. The van der Waals surface area contributed by atoms with Gasteiger partial charge in [-0.15, -0.1) is 0 Å². The minimum absolute atomic E-state index is 0.150. The van der Waals surface area contributed by atoms with Gasteiger partial charge in [-0.2, -0.15) is 0 Å². The Bertz CT molecular complexity index is 461. The van der Waals surface area contributed by atoms with Gasteiger partial charge in [0.2, 0.25) is 0 Å². The number of nitrogens with zero attached hydrogens (tertiary/aromatic N) is 2. The molecule has 0 aliphatic carbocycles. The minimum Gasteiger partial charge on any atom is -0.378 e. The van der Waals surface area contributed by atoms with E-state index in [-0.39, 0.29) is 5.82 Å². The van der Waals surface area contributed by atoms with Gasteiger partial charge in [-0.05, 0) is 31.5 Å². The monoisotopic (exact) mass is 264 g/mol. The Balaban J connectivity index is 1.74. The van der Waals surface area contributed by atoms with E-state index in [2.05, 4.69) is 16.7 Å². The van der Waals surface area contributed by atoms with Gasteiger partial charge in [-0.3, -0.25) is 4.90 Å². The normalized spacial score (nSPS) is 25.4. The van der Waals surface area contributed by atoms with E-state index in [4.69, 9.17) is 4.74 Å². The van der Waals surface area contributed by atoms with Gasteiger partial charge >= 0.3 is 0 Å². The molecule has 1 aromatic carbocycles. The van der Waals surface area contributed by atoms with Crippen LogP contribution in [0.2, 0.25) is 0 Å². The third-order valence-electron chi connectivity index (χ3n) is 4.28.